The SMILES string of the molecule is Cc1cccc(NC(=O)N2CCCC(C(=O)N3CCOCC3)C2)c1. The van der Waals surface area contributed by atoms with Crippen molar-refractivity contribution in [1.29, 1.82) is 0 Å². The standard InChI is InChI=1S/C18H25N3O3/c1-14-4-2-6-16(12-14)19-18(23)21-7-3-5-15(13-21)17(22)20-8-10-24-11-9-20/h2,4,6,12,15H,3,5,7-11,13H2,1H3,(H,19,23). The Hall–Kier alpha value is -2.08. The van der Waals surface area contributed by atoms with E-state index in [-0.39, 0.29) is 17.9 Å². The molecule has 0 aromatic heterocycles. The van der Waals surface area contributed by atoms with E-state index < -0.39 is 0 Å². The number of nitrogens with zero attached hydrogens (tertiary/aromatic N) is 2. The van der Waals surface area contributed by atoms with Crippen LogP contribution in [-0.2, 0) is 9.53 Å². The number of aryl methyl sites for hydroxylation is 1. The Labute approximate surface area is 142 Å². The number of hydrogen-bond acceptors (Lipinski definition) is 3. The lowest BCUT2D eigenvalue weighted by Gasteiger charge is -2.36. The van der Waals surface area contributed by atoms with E-state index >= 15 is 0 Å². The third-order valence-electron chi connectivity index (χ3n) is 4.65. The predicted molar refractivity (Wildman–Crippen MR) is 91.9 cm³/mol. The second-order valence-electron chi connectivity index (χ2n) is 6.52. The number of urea groups is 1. The third-order valence-corrected chi connectivity index (χ3v) is 4.65. The number of hydrogen-bond donors (Lipinski definition) is 1. The van der Waals surface area contributed by atoms with Crippen LogP contribution in [0.2, 0.25) is 0 Å². The van der Waals surface area contributed by atoms with Gasteiger partial charge in [-0.2, -0.15) is 0 Å². The summed E-state index contributed by atoms with van der Waals surface area (Å²) in [6.45, 7) is 5.72. The van der Waals surface area contributed by atoms with Gasteiger partial charge in [-0.15, -0.1) is 0 Å². The summed E-state index contributed by atoms with van der Waals surface area (Å²) in [5.74, 6) is 0.0615. The lowest BCUT2D eigenvalue weighted by Crippen LogP contribution is -2.50. The van der Waals surface area contributed by atoms with E-state index in [1.54, 1.807) is 4.90 Å². The Morgan fingerprint density at radius 1 is 1.17 bits per heavy atom. The lowest BCUT2D eigenvalue weighted by molar-refractivity contribution is -0.141. The van der Waals surface area contributed by atoms with Crippen molar-refractivity contribution in [1.82, 2.24) is 9.80 Å². The summed E-state index contributed by atoms with van der Waals surface area (Å²) in [5.41, 5.74) is 1.90. The summed E-state index contributed by atoms with van der Waals surface area (Å²) >= 11 is 0. The number of carbonyl (C=O) groups is 2. The van der Waals surface area contributed by atoms with Gasteiger partial charge < -0.3 is 19.9 Å². The number of benzene rings is 1. The molecule has 2 aliphatic rings. The van der Waals surface area contributed by atoms with Crippen molar-refractivity contribution in [3.05, 3.63) is 29.8 Å². The van der Waals surface area contributed by atoms with Gasteiger partial charge in [-0.3, -0.25) is 4.79 Å². The molecule has 6 heteroatoms. The number of likely N-dealkylation sites (tertiary alicyclic amines) is 1. The maximum absolute atomic E-state index is 12.6. The normalized spacial score (nSPS) is 21.5. The quantitative estimate of drug-likeness (QED) is 0.903. The fourth-order valence-corrected chi connectivity index (χ4v) is 3.33. The number of carbonyl (C=O) groups excluding carboxylic acids is 2. The maximum atomic E-state index is 12.6. The number of anilines is 1. The van der Waals surface area contributed by atoms with Gasteiger partial charge in [0.25, 0.3) is 0 Å². The molecule has 0 bridgehead atoms. The summed E-state index contributed by atoms with van der Waals surface area (Å²) in [6.07, 6.45) is 1.71. The molecule has 0 saturated carbocycles. The van der Waals surface area contributed by atoms with Crippen LogP contribution in [0.3, 0.4) is 0 Å². The van der Waals surface area contributed by atoms with Gasteiger partial charge in [0.1, 0.15) is 0 Å². The summed E-state index contributed by atoms with van der Waals surface area (Å²) in [5, 5.41) is 2.93. The molecule has 0 radical (unpaired) electrons. The molecule has 130 valence electrons. The fourth-order valence-electron chi connectivity index (χ4n) is 3.33. The molecular formula is C18H25N3O3. The topological polar surface area (TPSA) is 61.9 Å². The van der Waals surface area contributed by atoms with E-state index in [4.69, 9.17) is 4.74 Å². The van der Waals surface area contributed by atoms with Crippen LogP contribution in [0.5, 0.6) is 0 Å². The Morgan fingerprint density at radius 3 is 2.71 bits per heavy atom. The highest BCUT2D eigenvalue weighted by molar-refractivity contribution is 5.90. The van der Waals surface area contributed by atoms with Crippen LogP contribution >= 0.6 is 0 Å². The zero-order chi connectivity index (χ0) is 16.9. The number of rotatable bonds is 2. The number of ether oxygens (including phenoxy) is 1. The monoisotopic (exact) mass is 331 g/mol. The molecule has 1 aromatic carbocycles. The van der Waals surface area contributed by atoms with Crippen LogP contribution in [0.25, 0.3) is 0 Å². The average Bonchev–Trinajstić information content (AvgIpc) is 2.62. The first kappa shape index (κ1) is 16.8. The minimum atomic E-state index is -0.125. The van der Waals surface area contributed by atoms with Crippen molar-refractivity contribution < 1.29 is 14.3 Å². The minimum absolute atomic E-state index is 0.0971. The highest BCUT2D eigenvalue weighted by Gasteiger charge is 2.31. The first-order chi connectivity index (χ1) is 11.6. The first-order valence-corrected chi connectivity index (χ1v) is 8.62. The highest BCUT2D eigenvalue weighted by atomic mass is 16.5. The van der Waals surface area contributed by atoms with Crippen molar-refractivity contribution in [3.8, 4) is 0 Å². The average molecular weight is 331 g/mol. The van der Waals surface area contributed by atoms with E-state index in [9.17, 15) is 9.59 Å². The van der Waals surface area contributed by atoms with Crippen molar-refractivity contribution in [2.75, 3.05) is 44.7 Å². The zero-order valence-corrected chi connectivity index (χ0v) is 14.2. The fraction of sp³-hybridized carbons (Fsp3) is 0.556. The molecule has 2 heterocycles. The van der Waals surface area contributed by atoms with Crippen LogP contribution < -0.4 is 5.32 Å². The molecule has 0 spiro atoms. The molecular weight excluding hydrogens is 306 g/mol. The second-order valence-corrected chi connectivity index (χ2v) is 6.52. The van der Waals surface area contributed by atoms with Crippen LogP contribution in [0.15, 0.2) is 24.3 Å². The summed E-state index contributed by atoms with van der Waals surface area (Å²) in [7, 11) is 0. The van der Waals surface area contributed by atoms with E-state index in [0.717, 1.165) is 24.1 Å². The van der Waals surface area contributed by atoms with Gasteiger partial charge in [0.15, 0.2) is 0 Å². The van der Waals surface area contributed by atoms with Gasteiger partial charge in [0.2, 0.25) is 5.91 Å². The third kappa shape index (κ3) is 4.06. The second kappa shape index (κ2) is 7.66. The summed E-state index contributed by atoms with van der Waals surface area (Å²) < 4.78 is 5.30. The Kier molecular flexibility index (Phi) is 5.35. The molecule has 0 aliphatic carbocycles. The Morgan fingerprint density at radius 2 is 1.96 bits per heavy atom. The molecule has 1 N–H and O–H groups in total. The predicted octanol–water partition coefficient (Wildman–Crippen LogP) is 2.10. The van der Waals surface area contributed by atoms with Crippen LogP contribution in [0.1, 0.15) is 18.4 Å². The van der Waals surface area contributed by atoms with Gasteiger partial charge in [-0.05, 0) is 37.5 Å². The molecule has 6 nitrogen and oxygen atoms in total. The number of nitrogens with one attached hydrogen (secondary N) is 1. The molecule has 24 heavy (non-hydrogen) atoms. The maximum Gasteiger partial charge on any atom is 0.321 e. The lowest BCUT2D eigenvalue weighted by atomic mass is 9.96. The molecule has 2 saturated heterocycles. The highest BCUT2D eigenvalue weighted by Crippen LogP contribution is 2.21. The van der Waals surface area contributed by atoms with Crippen LogP contribution in [0, 0.1) is 12.8 Å². The molecule has 1 unspecified atom stereocenters. The Bertz CT molecular complexity index is 599. The zero-order valence-electron chi connectivity index (χ0n) is 14.2. The van der Waals surface area contributed by atoms with Crippen LogP contribution in [-0.4, -0.2) is 61.1 Å². The van der Waals surface area contributed by atoms with Crippen molar-refractivity contribution >= 4 is 17.6 Å². The van der Waals surface area contributed by atoms with E-state index in [1.807, 2.05) is 36.1 Å². The molecule has 2 aliphatic heterocycles. The van der Waals surface area contributed by atoms with Gasteiger partial charge >= 0.3 is 6.03 Å². The van der Waals surface area contributed by atoms with E-state index in [2.05, 4.69) is 5.32 Å². The van der Waals surface area contributed by atoms with Crippen molar-refractivity contribution in [2.24, 2.45) is 5.92 Å². The molecule has 3 rings (SSSR count). The smallest absolute Gasteiger partial charge is 0.321 e. The van der Waals surface area contributed by atoms with Gasteiger partial charge in [-0.25, -0.2) is 4.79 Å². The number of piperidine rings is 1. The van der Waals surface area contributed by atoms with Gasteiger partial charge in [0, 0.05) is 31.9 Å². The van der Waals surface area contributed by atoms with Crippen molar-refractivity contribution in [3.63, 3.8) is 0 Å². The van der Waals surface area contributed by atoms with Crippen LogP contribution in [0.4, 0.5) is 10.5 Å². The number of amides is 3. The minimum Gasteiger partial charge on any atom is -0.378 e. The molecule has 1 atom stereocenters. The van der Waals surface area contributed by atoms with E-state index in [1.165, 1.54) is 0 Å². The molecule has 2 fully saturated rings. The largest absolute Gasteiger partial charge is 0.378 e. The first-order valence-electron chi connectivity index (χ1n) is 8.62. The van der Waals surface area contributed by atoms with E-state index in [0.29, 0.717) is 39.4 Å². The summed E-state index contributed by atoms with van der Waals surface area (Å²) in [4.78, 5) is 28.8. The van der Waals surface area contributed by atoms with Gasteiger partial charge in [0.05, 0.1) is 19.1 Å². The number of morpholine rings is 1. The van der Waals surface area contributed by atoms with Gasteiger partial charge in [-0.1, -0.05) is 12.1 Å². The van der Waals surface area contributed by atoms with Crippen molar-refractivity contribution in [2.45, 2.75) is 19.8 Å². The molecule has 1 aromatic rings. The Balaban J connectivity index is 1.58. The molecule has 3 amide bonds. The summed E-state index contributed by atoms with van der Waals surface area (Å²) in [6, 6.07) is 7.61.